The van der Waals surface area contributed by atoms with Gasteiger partial charge < -0.3 is 33.5 Å². The molecule has 0 aliphatic carbocycles. The first kappa shape index (κ1) is 31.7. The van der Waals surface area contributed by atoms with Gasteiger partial charge in [-0.3, -0.25) is 14.3 Å². The highest BCUT2D eigenvalue weighted by molar-refractivity contribution is 5.49. The fraction of sp³-hybridized carbons (Fsp3) is 0.371. The van der Waals surface area contributed by atoms with Gasteiger partial charge in [0.2, 0.25) is 0 Å². The maximum absolute atomic E-state index is 12.9. The summed E-state index contributed by atoms with van der Waals surface area (Å²) in [7, 11) is 3.22. The summed E-state index contributed by atoms with van der Waals surface area (Å²) < 4.78 is 37.5. The van der Waals surface area contributed by atoms with Gasteiger partial charge in [0.1, 0.15) is 35.4 Å². The first-order valence-electron chi connectivity index (χ1n) is 15.3. The lowest BCUT2D eigenvalue weighted by atomic mass is 9.80. The summed E-state index contributed by atoms with van der Waals surface area (Å²) in [4.78, 5) is 27.0. The van der Waals surface area contributed by atoms with Gasteiger partial charge in [0.25, 0.3) is 5.56 Å². The summed E-state index contributed by atoms with van der Waals surface area (Å²) in [5, 5.41) is 11.7. The van der Waals surface area contributed by atoms with Gasteiger partial charge in [-0.2, -0.15) is 0 Å². The van der Waals surface area contributed by atoms with Crippen LogP contribution in [0.1, 0.15) is 42.2 Å². The molecule has 11 nitrogen and oxygen atoms in total. The van der Waals surface area contributed by atoms with E-state index in [1.165, 1.54) is 16.8 Å². The molecule has 242 valence electrons. The lowest BCUT2D eigenvalue weighted by Crippen LogP contribution is -2.43. The van der Waals surface area contributed by atoms with Gasteiger partial charge >= 0.3 is 5.69 Å². The third-order valence-corrected chi connectivity index (χ3v) is 8.52. The van der Waals surface area contributed by atoms with E-state index in [4.69, 9.17) is 28.4 Å². The van der Waals surface area contributed by atoms with E-state index in [0.29, 0.717) is 24.5 Å². The molecule has 0 spiro atoms. The third kappa shape index (κ3) is 6.37. The molecule has 2 fully saturated rings. The minimum atomic E-state index is -1.20. The van der Waals surface area contributed by atoms with Crippen LogP contribution < -0.4 is 20.7 Å². The van der Waals surface area contributed by atoms with E-state index in [1.807, 2.05) is 78.9 Å². The highest BCUT2D eigenvalue weighted by Gasteiger charge is 2.49. The highest BCUT2D eigenvalue weighted by Crippen LogP contribution is 2.43. The third-order valence-electron chi connectivity index (χ3n) is 8.52. The number of aromatic amines is 1. The Labute approximate surface area is 266 Å². The Morgan fingerprint density at radius 3 is 2.07 bits per heavy atom. The largest absolute Gasteiger partial charge is 0.497 e. The predicted molar refractivity (Wildman–Crippen MR) is 168 cm³/mol. The van der Waals surface area contributed by atoms with E-state index >= 15 is 0 Å². The molecule has 3 heterocycles. The van der Waals surface area contributed by atoms with Gasteiger partial charge in [0.15, 0.2) is 12.5 Å². The number of methoxy groups -OCH3 is 2. The number of hydrogen-bond acceptors (Lipinski definition) is 9. The number of rotatable bonds is 11. The Morgan fingerprint density at radius 2 is 1.50 bits per heavy atom. The Kier molecular flexibility index (Phi) is 9.67. The SMILES string of the molecule is COc1ccc(C(OCC2OC(n3ccc(=O)[nH]c3=O)C(O[C@@H]3CCCCO3)C2O)(c2ccccc2)c2ccc(OC)cc2)cc1. The number of nitrogens with zero attached hydrogens (tertiary/aromatic N) is 1. The van der Waals surface area contributed by atoms with Crippen molar-refractivity contribution in [3.05, 3.63) is 129 Å². The van der Waals surface area contributed by atoms with Gasteiger partial charge in [-0.25, -0.2) is 4.79 Å². The summed E-state index contributed by atoms with van der Waals surface area (Å²) in [6, 6.07) is 26.2. The molecule has 3 aromatic carbocycles. The average Bonchev–Trinajstić information content (AvgIpc) is 3.40. The van der Waals surface area contributed by atoms with Crippen molar-refractivity contribution in [2.24, 2.45) is 0 Å². The molecule has 0 radical (unpaired) electrons. The fourth-order valence-corrected chi connectivity index (χ4v) is 6.13. The quantitative estimate of drug-likeness (QED) is 0.238. The Balaban J connectivity index is 1.39. The first-order valence-corrected chi connectivity index (χ1v) is 15.3. The predicted octanol–water partition coefficient (Wildman–Crippen LogP) is 3.73. The van der Waals surface area contributed by atoms with Gasteiger partial charge in [0, 0.05) is 18.9 Å². The molecule has 2 aliphatic heterocycles. The van der Waals surface area contributed by atoms with Crippen molar-refractivity contribution >= 4 is 0 Å². The van der Waals surface area contributed by atoms with Crippen molar-refractivity contribution in [3.63, 3.8) is 0 Å². The van der Waals surface area contributed by atoms with E-state index in [2.05, 4.69) is 4.98 Å². The van der Waals surface area contributed by atoms with Crippen molar-refractivity contribution in [2.75, 3.05) is 27.4 Å². The van der Waals surface area contributed by atoms with Crippen molar-refractivity contribution in [2.45, 2.75) is 55.7 Å². The van der Waals surface area contributed by atoms with Crippen molar-refractivity contribution < 1.29 is 33.5 Å². The normalized spacial score (nSPS) is 23.2. The monoisotopic (exact) mass is 630 g/mol. The molecule has 5 atom stereocenters. The summed E-state index contributed by atoms with van der Waals surface area (Å²) in [5.41, 5.74) is 0.0926. The van der Waals surface area contributed by atoms with Crippen molar-refractivity contribution in [3.8, 4) is 11.5 Å². The van der Waals surface area contributed by atoms with Crippen LogP contribution in [0.3, 0.4) is 0 Å². The fourth-order valence-electron chi connectivity index (χ4n) is 6.13. The van der Waals surface area contributed by atoms with Crippen molar-refractivity contribution in [1.29, 1.82) is 0 Å². The summed E-state index contributed by atoms with van der Waals surface area (Å²) in [5.74, 6) is 1.38. The molecule has 46 heavy (non-hydrogen) atoms. The van der Waals surface area contributed by atoms with E-state index < -0.39 is 47.7 Å². The number of aliphatic hydroxyl groups excluding tert-OH is 1. The number of nitrogens with one attached hydrogen (secondary N) is 1. The number of benzene rings is 3. The second kappa shape index (κ2) is 14.0. The molecule has 4 unspecified atom stereocenters. The molecular formula is C35H38N2O9. The van der Waals surface area contributed by atoms with Crippen LogP contribution in [0.4, 0.5) is 0 Å². The minimum Gasteiger partial charge on any atom is -0.497 e. The van der Waals surface area contributed by atoms with Crippen LogP contribution in [0.5, 0.6) is 11.5 Å². The lowest BCUT2D eigenvalue weighted by molar-refractivity contribution is -0.215. The molecule has 0 amide bonds. The van der Waals surface area contributed by atoms with Gasteiger partial charge in [-0.05, 0) is 60.2 Å². The van der Waals surface area contributed by atoms with Gasteiger partial charge in [0.05, 0.1) is 20.8 Å². The van der Waals surface area contributed by atoms with Crippen LogP contribution in [0, 0.1) is 0 Å². The van der Waals surface area contributed by atoms with Gasteiger partial charge in [-0.1, -0.05) is 54.6 Å². The van der Waals surface area contributed by atoms with Crippen LogP contribution in [0.25, 0.3) is 0 Å². The molecule has 0 saturated carbocycles. The van der Waals surface area contributed by atoms with E-state index in [1.54, 1.807) is 14.2 Å². The van der Waals surface area contributed by atoms with Crippen molar-refractivity contribution in [1.82, 2.24) is 9.55 Å². The molecule has 6 rings (SSSR count). The smallest absolute Gasteiger partial charge is 0.330 e. The second-order valence-electron chi connectivity index (χ2n) is 11.3. The highest BCUT2D eigenvalue weighted by atomic mass is 16.7. The molecule has 2 N–H and O–H groups in total. The summed E-state index contributed by atoms with van der Waals surface area (Å²) in [6.45, 7) is 0.446. The number of aromatic nitrogens is 2. The Hall–Kier alpha value is -4.26. The zero-order valence-electron chi connectivity index (χ0n) is 25.7. The molecular weight excluding hydrogens is 592 g/mol. The molecule has 2 aliphatic rings. The zero-order chi connectivity index (χ0) is 32.1. The zero-order valence-corrected chi connectivity index (χ0v) is 25.7. The molecule has 0 bridgehead atoms. The molecule has 1 aromatic heterocycles. The maximum Gasteiger partial charge on any atom is 0.330 e. The second-order valence-corrected chi connectivity index (χ2v) is 11.3. The average molecular weight is 631 g/mol. The summed E-state index contributed by atoms with van der Waals surface area (Å²) in [6.07, 6.45) is -0.910. The number of aliphatic hydroxyl groups is 1. The van der Waals surface area contributed by atoms with E-state index in [9.17, 15) is 14.7 Å². The minimum absolute atomic E-state index is 0.0892. The molecule has 4 aromatic rings. The lowest BCUT2D eigenvalue weighted by Gasteiger charge is -2.37. The van der Waals surface area contributed by atoms with Crippen LogP contribution in [0.2, 0.25) is 0 Å². The van der Waals surface area contributed by atoms with Crippen LogP contribution in [0.15, 0.2) is 101 Å². The Bertz CT molecular complexity index is 1630. The number of H-pyrrole nitrogens is 1. The van der Waals surface area contributed by atoms with E-state index in [-0.39, 0.29) is 6.61 Å². The standard InChI is InChI=1S/C35H38N2O9/c1-41-26-15-11-24(12-16-26)35(23-8-4-3-5-9-23,25-13-17-27(42-2)18-14-25)44-22-28-31(39)32(46-30-10-6-7-21-43-30)33(45-28)37-20-19-29(38)36-34(37)40/h3-5,8-9,11-20,28,30-33,39H,6-7,10,21-22H2,1-2H3,(H,36,38,40)/t28?,30-,31?,32?,33?/m1/s1. The molecule has 11 heteroatoms. The Morgan fingerprint density at radius 1 is 0.870 bits per heavy atom. The van der Waals surface area contributed by atoms with Crippen LogP contribution >= 0.6 is 0 Å². The van der Waals surface area contributed by atoms with E-state index in [0.717, 1.165) is 29.5 Å². The maximum atomic E-state index is 12.9. The number of hydrogen-bond donors (Lipinski definition) is 2. The number of ether oxygens (including phenoxy) is 6. The summed E-state index contributed by atoms with van der Waals surface area (Å²) >= 11 is 0. The van der Waals surface area contributed by atoms with Crippen LogP contribution in [-0.4, -0.2) is 66.7 Å². The van der Waals surface area contributed by atoms with Crippen LogP contribution in [-0.2, 0) is 24.5 Å². The topological polar surface area (TPSA) is 130 Å². The van der Waals surface area contributed by atoms with Gasteiger partial charge in [-0.15, -0.1) is 0 Å². The first-order chi connectivity index (χ1) is 22.4. The molecule has 2 saturated heterocycles.